The number of fused-ring (bicyclic) bond motifs is 11. The van der Waals surface area contributed by atoms with E-state index in [9.17, 15) is 0 Å². The Labute approximate surface area is 165 Å². The van der Waals surface area contributed by atoms with E-state index in [0.717, 1.165) is 19.3 Å². The molecule has 0 radical (unpaired) electrons. The first-order chi connectivity index (χ1) is 13.8. The Balaban J connectivity index is 1.54. The van der Waals surface area contributed by atoms with Crippen molar-refractivity contribution in [3.63, 3.8) is 0 Å². The molecule has 0 heteroatoms. The molecule has 0 heterocycles. The monoisotopic (exact) mass is 356 g/mol. The van der Waals surface area contributed by atoms with Gasteiger partial charge in [-0.3, -0.25) is 0 Å². The molecule has 7 rings (SSSR count). The molecule has 4 aromatic carbocycles. The predicted octanol–water partition coefficient (Wildman–Crippen LogP) is 6.71. The average molecular weight is 356 g/mol. The van der Waals surface area contributed by atoms with Crippen LogP contribution in [0.15, 0.2) is 66.7 Å². The number of hydrogen-bond acceptors (Lipinski definition) is 0. The summed E-state index contributed by atoms with van der Waals surface area (Å²) in [6.45, 7) is 2.30. The normalized spacial score (nSPS) is 14.2. The molecule has 3 aliphatic carbocycles. The van der Waals surface area contributed by atoms with Gasteiger partial charge in [-0.1, -0.05) is 66.7 Å². The van der Waals surface area contributed by atoms with Crippen LogP contribution in [0.3, 0.4) is 0 Å². The van der Waals surface area contributed by atoms with Crippen LogP contribution >= 0.6 is 0 Å². The Kier molecular flexibility index (Phi) is 2.67. The molecular formula is C28H20. The smallest absolute Gasteiger partial charge is 0.000707 e. The fraction of sp³-hybridized carbons (Fsp3) is 0.143. The predicted molar refractivity (Wildman–Crippen MR) is 116 cm³/mol. The van der Waals surface area contributed by atoms with E-state index in [4.69, 9.17) is 0 Å². The van der Waals surface area contributed by atoms with Crippen LogP contribution in [0.25, 0.3) is 33.4 Å². The molecule has 0 aliphatic heterocycles. The lowest BCUT2D eigenvalue weighted by Gasteiger charge is -2.15. The average Bonchev–Trinajstić information content (AvgIpc) is 3.38. The molecule has 0 spiro atoms. The van der Waals surface area contributed by atoms with Crippen LogP contribution in [0, 0.1) is 6.92 Å². The minimum Gasteiger partial charge on any atom is -0.0619 e. The molecule has 0 saturated carbocycles. The van der Waals surface area contributed by atoms with Gasteiger partial charge in [0.05, 0.1) is 0 Å². The first-order valence-electron chi connectivity index (χ1n) is 10.3. The van der Waals surface area contributed by atoms with E-state index in [1.54, 1.807) is 22.3 Å². The summed E-state index contributed by atoms with van der Waals surface area (Å²) in [5.41, 5.74) is 19.5. The maximum atomic E-state index is 2.46. The zero-order valence-corrected chi connectivity index (χ0v) is 16.0. The molecule has 0 atom stereocenters. The third-order valence-corrected chi connectivity index (χ3v) is 7.07. The summed E-state index contributed by atoms with van der Waals surface area (Å²) < 4.78 is 0. The third-order valence-electron chi connectivity index (χ3n) is 7.07. The summed E-state index contributed by atoms with van der Waals surface area (Å²) >= 11 is 0. The lowest BCUT2D eigenvalue weighted by Crippen LogP contribution is -1.94. The topological polar surface area (TPSA) is 0 Å². The van der Waals surface area contributed by atoms with Gasteiger partial charge in [-0.2, -0.15) is 0 Å². The number of aryl methyl sites for hydroxylation is 1. The summed E-state index contributed by atoms with van der Waals surface area (Å²) in [6, 6.07) is 25.1. The fourth-order valence-electron chi connectivity index (χ4n) is 6.00. The van der Waals surface area contributed by atoms with Gasteiger partial charge < -0.3 is 0 Å². The summed E-state index contributed by atoms with van der Waals surface area (Å²) in [5.74, 6) is 0. The minimum atomic E-state index is 1.07. The van der Waals surface area contributed by atoms with Crippen molar-refractivity contribution in [1.29, 1.82) is 0 Å². The SMILES string of the molecule is Cc1cc2c(c3c1-c1ccccc1C3)-c1c(ccc3c1Cc1ccccc1-3)C2. The van der Waals surface area contributed by atoms with Crippen molar-refractivity contribution >= 4 is 0 Å². The molecule has 28 heavy (non-hydrogen) atoms. The van der Waals surface area contributed by atoms with Crippen LogP contribution in [0.2, 0.25) is 0 Å². The van der Waals surface area contributed by atoms with Gasteiger partial charge in [0.15, 0.2) is 0 Å². The van der Waals surface area contributed by atoms with Crippen LogP contribution in [0.1, 0.15) is 38.9 Å². The summed E-state index contributed by atoms with van der Waals surface area (Å²) in [4.78, 5) is 0. The van der Waals surface area contributed by atoms with Crippen LogP contribution in [-0.4, -0.2) is 0 Å². The lowest BCUT2D eigenvalue weighted by molar-refractivity contribution is 1.22. The van der Waals surface area contributed by atoms with Crippen molar-refractivity contribution in [2.75, 3.05) is 0 Å². The Hall–Kier alpha value is -3.12. The Morgan fingerprint density at radius 3 is 2.04 bits per heavy atom. The first-order valence-corrected chi connectivity index (χ1v) is 10.3. The molecule has 4 aromatic rings. The van der Waals surface area contributed by atoms with E-state index >= 15 is 0 Å². The Morgan fingerprint density at radius 2 is 1.18 bits per heavy atom. The van der Waals surface area contributed by atoms with Gasteiger partial charge >= 0.3 is 0 Å². The van der Waals surface area contributed by atoms with E-state index < -0.39 is 0 Å². The number of benzene rings is 4. The number of rotatable bonds is 0. The minimum absolute atomic E-state index is 1.07. The second kappa shape index (κ2) is 5.02. The summed E-state index contributed by atoms with van der Waals surface area (Å²) in [6.07, 6.45) is 3.23. The van der Waals surface area contributed by atoms with Crippen LogP contribution in [0.5, 0.6) is 0 Å². The fourth-order valence-corrected chi connectivity index (χ4v) is 6.00. The van der Waals surface area contributed by atoms with Crippen molar-refractivity contribution < 1.29 is 0 Å². The second-order valence-electron chi connectivity index (χ2n) is 8.55. The first kappa shape index (κ1) is 14.9. The van der Waals surface area contributed by atoms with Crippen LogP contribution in [-0.2, 0) is 19.3 Å². The van der Waals surface area contributed by atoms with Gasteiger partial charge in [-0.15, -0.1) is 0 Å². The molecule has 0 nitrogen and oxygen atoms in total. The molecule has 132 valence electrons. The van der Waals surface area contributed by atoms with Crippen molar-refractivity contribution in [2.45, 2.75) is 26.2 Å². The Morgan fingerprint density at radius 1 is 0.500 bits per heavy atom. The largest absolute Gasteiger partial charge is 0.0619 e. The van der Waals surface area contributed by atoms with Crippen molar-refractivity contribution in [3.8, 4) is 33.4 Å². The van der Waals surface area contributed by atoms with Crippen molar-refractivity contribution in [1.82, 2.24) is 0 Å². The highest BCUT2D eigenvalue weighted by molar-refractivity contribution is 5.96. The molecule has 0 amide bonds. The van der Waals surface area contributed by atoms with E-state index in [-0.39, 0.29) is 0 Å². The van der Waals surface area contributed by atoms with Gasteiger partial charge in [-0.25, -0.2) is 0 Å². The molecule has 0 N–H and O–H groups in total. The Bertz CT molecular complexity index is 1340. The zero-order valence-electron chi connectivity index (χ0n) is 16.0. The highest BCUT2D eigenvalue weighted by Crippen LogP contribution is 2.53. The molecule has 0 saturated heterocycles. The van der Waals surface area contributed by atoms with Gasteiger partial charge in [0, 0.05) is 0 Å². The maximum absolute atomic E-state index is 2.46. The maximum Gasteiger partial charge on any atom is -0.000707 e. The van der Waals surface area contributed by atoms with Crippen molar-refractivity contribution in [3.05, 3.63) is 106 Å². The lowest BCUT2D eigenvalue weighted by atomic mass is 9.89. The molecule has 0 fully saturated rings. The second-order valence-corrected chi connectivity index (χ2v) is 8.55. The zero-order chi connectivity index (χ0) is 18.4. The van der Waals surface area contributed by atoms with Gasteiger partial charge in [0.25, 0.3) is 0 Å². The summed E-state index contributed by atoms with van der Waals surface area (Å²) in [5, 5.41) is 0. The van der Waals surface area contributed by atoms with Gasteiger partial charge in [0.1, 0.15) is 0 Å². The molecule has 0 unspecified atom stereocenters. The van der Waals surface area contributed by atoms with E-state index in [1.165, 1.54) is 50.1 Å². The molecular weight excluding hydrogens is 336 g/mol. The van der Waals surface area contributed by atoms with Crippen molar-refractivity contribution in [2.24, 2.45) is 0 Å². The van der Waals surface area contributed by atoms with Crippen LogP contribution < -0.4 is 0 Å². The molecule has 0 aromatic heterocycles. The molecule has 3 aliphatic rings. The van der Waals surface area contributed by atoms with E-state index in [1.807, 2.05) is 0 Å². The highest BCUT2D eigenvalue weighted by atomic mass is 14.4. The standard InChI is InChI=1S/C28H20/c1-16-12-20-13-19-10-11-23-21-8-4-2-6-17(21)14-24(23)27(19)28(20)25-15-18-7-3-5-9-22(18)26(16)25/h2-12H,13-15H2,1H3. The highest BCUT2D eigenvalue weighted by Gasteiger charge is 2.33. The third kappa shape index (κ3) is 1.72. The van der Waals surface area contributed by atoms with Gasteiger partial charge in [-0.05, 0) is 98.5 Å². The van der Waals surface area contributed by atoms with E-state index in [0.29, 0.717) is 0 Å². The van der Waals surface area contributed by atoms with Crippen LogP contribution in [0.4, 0.5) is 0 Å². The molecule has 0 bridgehead atoms. The summed E-state index contributed by atoms with van der Waals surface area (Å²) in [7, 11) is 0. The van der Waals surface area contributed by atoms with Gasteiger partial charge in [0.2, 0.25) is 0 Å². The quantitative estimate of drug-likeness (QED) is 0.283. The van der Waals surface area contributed by atoms with E-state index in [2.05, 4.69) is 73.7 Å². The number of hydrogen-bond donors (Lipinski definition) is 0.